The Bertz CT molecular complexity index is 979. The van der Waals surface area contributed by atoms with Crippen LogP contribution >= 0.6 is 34.2 Å². The molecule has 0 radical (unpaired) electrons. The van der Waals surface area contributed by atoms with Gasteiger partial charge in [0.2, 0.25) is 10.0 Å². The summed E-state index contributed by atoms with van der Waals surface area (Å²) in [7, 11) is -3.46. The van der Waals surface area contributed by atoms with E-state index >= 15 is 0 Å². The van der Waals surface area contributed by atoms with Crippen LogP contribution in [-0.2, 0) is 10.0 Å². The van der Waals surface area contributed by atoms with Crippen molar-refractivity contribution in [3.63, 3.8) is 0 Å². The molecule has 0 saturated carbocycles. The van der Waals surface area contributed by atoms with Gasteiger partial charge < -0.3 is 9.47 Å². The molecule has 1 N–H and O–H groups in total. The van der Waals surface area contributed by atoms with Crippen LogP contribution in [0.2, 0.25) is 5.02 Å². The highest BCUT2D eigenvalue weighted by Gasteiger charge is 2.27. The fourth-order valence-electron chi connectivity index (χ4n) is 3.77. The summed E-state index contributed by atoms with van der Waals surface area (Å²) in [4.78, 5) is 2.67. The van der Waals surface area contributed by atoms with E-state index in [0.29, 0.717) is 34.7 Å². The van der Waals surface area contributed by atoms with Gasteiger partial charge in [0, 0.05) is 27.7 Å². The minimum Gasteiger partial charge on any atom is -0.486 e. The van der Waals surface area contributed by atoms with Gasteiger partial charge in [-0.15, -0.1) is 0 Å². The molecule has 2 aliphatic heterocycles. The third-order valence-corrected chi connectivity index (χ3v) is 7.87. The topological polar surface area (TPSA) is 67.9 Å². The second-order valence-corrected chi connectivity index (χ2v) is 11.1. The zero-order valence-electron chi connectivity index (χ0n) is 16.4. The van der Waals surface area contributed by atoms with Crippen molar-refractivity contribution in [2.75, 3.05) is 32.8 Å². The van der Waals surface area contributed by atoms with Gasteiger partial charge in [-0.2, -0.15) is 0 Å². The number of hydrogen-bond acceptors (Lipinski definition) is 5. The third-order valence-electron chi connectivity index (χ3n) is 5.48. The summed E-state index contributed by atoms with van der Waals surface area (Å²) in [6, 6.07) is 12.3. The Hall–Kier alpha value is -1.07. The molecule has 6 nitrogen and oxygen atoms in total. The Kier molecular flexibility index (Phi) is 7.08. The number of nitrogens with zero attached hydrogens (tertiary/aromatic N) is 1. The first-order chi connectivity index (χ1) is 14.4. The van der Waals surface area contributed by atoms with Gasteiger partial charge in [0.15, 0.2) is 11.5 Å². The second kappa shape index (κ2) is 9.60. The lowest BCUT2D eigenvalue weighted by Crippen LogP contribution is -2.45. The maximum atomic E-state index is 12.5. The number of halogens is 2. The summed E-state index contributed by atoms with van der Waals surface area (Å²) >= 11 is 8.21. The number of fused-ring (bicyclic) bond motifs is 1. The molecule has 2 aromatic carbocycles. The molecule has 1 atom stereocenters. The summed E-state index contributed by atoms with van der Waals surface area (Å²) in [5.41, 5.74) is 0. The number of benzene rings is 2. The largest absolute Gasteiger partial charge is 0.486 e. The van der Waals surface area contributed by atoms with Gasteiger partial charge in [-0.25, -0.2) is 13.1 Å². The van der Waals surface area contributed by atoms with E-state index in [9.17, 15) is 8.42 Å². The average Bonchev–Trinajstić information content (AvgIpc) is 2.73. The van der Waals surface area contributed by atoms with Gasteiger partial charge in [-0.05, 0) is 90.8 Å². The van der Waals surface area contributed by atoms with Crippen LogP contribution in [-0.4, -0.2) is 52.2 Å². The number of ether oxygens (including phenoxy) is 2. The van der Waals surface area contributed by atoms with Crippen LogP contribution in [0.1, 0.15) is 12.8 Å². The molecular formula is C21H24ClIN2O4S. The molecule has 0 aromatic heterocycles. The molecule has 9 heteroatoms. The van der Waals surface area contributed by atoms with Gasteiger partial charge >= 0.3 is 0 Å². The Balaban J connectivity index is 1.23. The van der Waals surface area contributed by atoms with Crippen LogP contribution in [0.4, 0.5) is 0 Å². The quantitative estimate of drug-likeness (QED) is 0.543. The van der Waals surface area contributed by atoms with Gasteiger partial charge in [0.05, 0.1) is 4.90 Å². The summed E-state index contributed by atoms with van der Waals surface area (Å²) in [6.45, 7) is 3.60. The molecule has 1 unspecified atom stereocenters. The lowest BCUT2D eigenvalue weighted by molar-refractivity contribution is 0.0481. The van der Waals surface area contributed by atoms with Crippen molar-refractivity contribution in [2.45, 2.75) is 23.8 Å². The van der Waals surface area contributed by atoms with Crippen molar-refractivity contribution < 1.29 is 17.9 Å². The van der Waals surface area contributed by atoms with E-state index in [4.69, 9.17) is 21.1 Å². The highest BCUT2D eigenvalue weighted by molar-refractivity contribution is 14.1. The Morgan fingerprint density at radius 1 is 1.10 bits per heavy atom. The molecular weight excluding hydrogens is 539 g/mol. The number of hydrogen-bond donors (Lipinski definition) is 1. The van der Waals surface area contributed by atoms with Crippen LogP contribution in [0.3, 0.4) is 0 Å². The lowest BCUT2D eigenvalue weighted by atomic mass is 9.97. The van der Waals surface area contributed by atoms with Crippen LogP contribution in [0.15, 0.2) is 47.4 Å². The van der Waals surface area contributed by atoms with E-state index < -0.39 is 10.0 Å². The molecule has 4 rings (SSSR count). The number of nitrogens with one attached hydrogen (secondary N) is 1. The standard InChI is InChI=1S/C21H24ClIN2O4S/c22-16-1-6-20-21(11-16)29-18(14-28-20)13-25-9-7-15(8-10-25)12-24-30(26,27)19-4-2-17(23)3-5-19/h1-6,11,15,18,24H,7-10,12-14H2. The molecule has 0 amide bonds. The molecule has 162 valence electrons. The molecule has 0 spiro atoms. The van der Waals surface area contributed by atoms with Crippen LogP contribution in [0.25, 0.3) is 0 Å². The van der Waals surface area contributed by atoms with E-state index in [0.717, 1.165) is 41.8 Å². The molecule has 2 aromatic rings. The number of likely N-dealkylation sites (tertiary alicyclic amines) is 1. The van der Waals surface area contributed by atoms with Crippen molar-refractivity contribution in [2.24, 2.45) is 5.92 Å². The SMILES string of the molecule is O=S(=O)(NCC1CCN(CC2COc3ccc(Cl)cc3O2)CC1)c1ccc(I)cc1. The second-order valence-electron chi connectivity index (χ2n) is 7.69. The average molecular weight is 563 g/mol. The van der Waals surface area contributed by atoms with Crippen molar-refractivity contribution in [1.82, 2.24) is 9.62 Å². The molecule has 30 heavy (non-hydrogen) atoms. The zero-order chi connectivity index (χ0) is 21.1. The van der Waals surface area contributed by atoms with Crippen molar-refractivity contribution >= 4 is 44.2 Å². The maximum absolute atomic E-state index is 12.5. The highest BCUT2D eigenvalue weighted by Crippen LogP contribution is 2.34. The lowest BCUT2D eigenvalue weighted by Gasteiger charge is -2.35. The van der Waals surface area contributed by atoms with Crippen LogP contribution in [0.5, 0.6) is 11.5 Å². The summed E-state index contributed by atoms with van der Waals surface area (Å²) in [5, 5.41) is 0.631. The molecule has 1 saturated heterocycles. The fraction of sp³-hybridized carbons (Fsp3) is 0.429. The molecule has 2 aliphatic rings. The van der Waals surface area contributed by atoms with E-state index in [2.05, 4.69) is 32.2 Å². The van der Waals surface area contributed by atoms with Crippen molar-refractivity contribution in [1.29, 1.82) is 0 Å². The minimum absolute atomic E-state index is 0.0353. The predicted molar refractivity (Wildman–Crippen MR) is 125 cm³/mol. The molecule has 0 bridgehead atoms. The Labute approximate surface area is 196 Å². The van der Waals surface area contributed by atoms with Gasteiger partial charge in [0.1, 0.15) is 12.7 Å². The zero-order valence-corrected chi connectivity index (χ0v) is 20.1. The van der Waals surface area contributed by atoms with E-state index in [-0.39, 0.29) is 6.10 Å². The minimum atomic E-state index is -3.46. The first-order valence-electron chi connectivity index (χ1n) is 9.96. The van der Waals surface area contributed by atoms with Crippen LogP contribution < -0.4 is 14.2 Å². The predicted octanol–water partition coefficient (Wildman–Crippen LogP) is 3.77. The summed E-state index contributed by atoms with van der Waals surface area (Å²) < 4.78 is 40.6. The normalized spacial score (nSPS) is 20.3. The number of sulfonamides is 1. The van der Waals surface area contributed by atoms with Crippen LogP contribution in [0, 0.1) is 9.49 Å². The van der Waals surface area contributed by atoms with Crippen molar-refractivity contribution in [3.8, 4) is 11.5 Å². The molecule has 2 heterocycles. The monoisotopic (exact) mass is 562 g/mol. The smallest absolute Gasteiger partial charge is 0.240 e. The molecule has 1 fully saturated rings. The first kappa shape index (κ1) is 22.1. The van der Waals surface area contributed by atoms with Gasteiger partial charge in [0.25, 0.3) is 0 Å². The van der Waals surface area contributed by atoms with Gasteiger partial charge in [-0.1, -0.05) is 11.6 Å². The number of rotatable bonds is 6. The van der Waals surface area contributed by atoms with E-state index in [1.54, 1.807) is 36.4 Å². The molecule has 0 aliphatic carbocycles. The van der Waals surface area contributed by atoms with Gasteiger partial charge in [-0.3, -0.25) is 4.90 Å². The third kappa shape index (κ3) is 5.59. The van der Waals surface area contributed by atoms with E-state index in [1.807, 2.05) is 6.07 Å². The highest BCUT2D eigenvalue weighted by atomic mass is 127. The first-order valence-corrected chi connectivity index (χ1v) is 12.9. The van der Waals surface area contributed by atoms with E-state index in [1.165, 1.54) is 0 Å². The fourth-order valence-corrected chi connectivity index (χ4v) is 5.40. The number of piperidine rings is 1. The Morgan fingerprint density at radius 3 is 2.57 bits per heavy atom. The van der Waals surface area contributed by atoms with Crippen molar-refractivity contribution in [3.05, 3.63) is 51.1 Å². The summed E-state index contributed by atoms with van der Waals surface area (Å²) in [6.07, 6.45) is 1.86. The maximum Gasteiger partial charge on any atom is 0.240 e. The summed E-state index contributed by atoms with van der Waals surface area (Å²) in [5.74, 6) is 1.76. The Morgan fingerprint density at radius 2 is 1.83 bits per heavy atom.